The molecular weight excluding hydrogens is 284 g/mol. The molecule has 2 nitrogen and oxygen atoms in total. The smallest absolute Gasteiger partial charge is 0.0702 e. The van der Waals surface area contributed by atoms with E-state index in [9.17, 15) is 0 Å². The number of hydrogen-bond acceptors (Lipinski definition) is 3. The first-order chi connectivity index (χ1) is 7.70. The largest absolute Gasteiger partial charge is 0.399 e. The van der Waals surface area contributed by atoms with Crippen LogP contribution in [0.1, 0.15) is 16.5 Å². The molecule has 0 saturated heterocycles. The second kappa shape index (κ2) is 4.99. The van der Waals surface area contributed by atoms with Gasteiger partial charge < -0.3 is 11.1 Å². The van der Waals surface area contributed by atoms with Gasteiger partial charge in [0, 0.05) is 10.6 Å². The molecule has 0 spiro atoms. The van der Waals surface area contributed by atoms with E-state index in [2.05, 4.69) is 45.5 Å². The van der Waals surface area contributed by atoms with Gasteiger partial charge >= 0.3 is 0 Å². The molecule has 0 aliphatic heterocycles. The average Bonchev–Trinajstić information content (AvgIpc) is 2.69. The first kappa shape index (κ1) is 11.6. The monoisotopic (exact) mass is 296 g/mol. The predicted octanol–water partition coefficient (Wildman–Crippen LogP) is 3.40. The third kappa shape index (κ3) is 2.45. The Kier molecular flexibility index (Phi) is 3.63. The lowest BCUT2D eigenvalue weighted by Crippen LogP contribution is -2.16. The number of benzene rings is 1. The molecule has 1 aromatic heterocycles. The van der Waals surface area contributed by atoms with Crippen LogP contribution in [0.25, 0.3) is 0 Å². The Morgan fingerprint density at radius 3 is 2.38 bits per heavy atom. The van der Waals surface area contributed by atoms with Crippen molar-refractivity contribution in [1.82, 2.24) is 5.32 Å². The van der Waals surface area contributed by atoms with E-state index in [1.165, 1.54) is 10.4 Å². The molecule has 0 aliphatic rings. The number of nitrogens with two attached hydrogens (primary N) is 1. The topological polar surface area (TPSA) is 38.0 Å². The van der Waals surface area contributed by atoms with Crippen molar-refractivity contribution >= 4 is 33.0 Å². The van der Waals surface area contributed by atoms with Crippen LogP contribution in [0.2, 0.25) is 0 Å². The van der Waals surface area contributed by atoms with Crippen LogP contribution in [0, 0.1) is 0 Å². The average molecular weight is 297 g/mol. The molecule has 16 heavy (non-hydrogen) atoms. The van der Waals surface area contributed by atoms with Crippen LogP contribution in [0.3, 0.4) is 0 Å². The summed E-state index contributed by atoms with van der Waals surface area (Å²) in [5.74, 6) is 0. The van der Waals surface area contributed by atoms with Crippen molar-refractivity contribution in [3.63, 3.8) is 0 Å². The van der Waals surface area contributed by atoms with Gasteiger partial charge in [-0.05, 0) is 52.8 Å². The van der Waals surface area contributed by atoms with Gasteiger partial charge in [-0.2, -0.15) is 0 Å². The lowest BCUT2D eigenvalue weighted by molar-refractivity contribution is 0.704. The first-order valence-corrected chi connectivity index (χ1v) is 6.59. The summed E-state index contributed by atoms with van der Waals surface area (Å²) < 4.78 is 1.15. The number of halogens is 1. The minimum absolute atomic E-state index is 0.233. The Labute approximate surface area is 108 Å². The molecule has 0 radical (unpaired) electrons. The fourth-order valence-corrected chi connectivity index (χ4v) is 3.21. The molecule has 0 aliphatic carbocycles. The van der Waals surface area contributed by atoms with Crippen LogP contribution in [-0.4, -0.2) is 7.05 Å². The van der Waals surface area contributed by atoms with Crippen molar-refractivity contribution in [3.05, 3.63) is 50.6 Å². The van der Waals surface area contributed by atoms with E-state index in [1.54, 1.807) is 11.3 Å². The van der Waals surface area contributed by atoms with Gasteiger partial charge in [-0.25, -0.2) is 0 Å². The number of hydrogen-bond donors (Lipinski definition) is 2. The Morgan fingerprint density at radius 2 is 1.88 bits per heavy atom. The summed E-state index contributed by atoms with van der Waals surface area (Å²) in [4.78, 5) is 1.29. The predicted molar refractivity (Wildman–Crippen MR) is 73.8 cm³/mol. The minimum atomic E-state index is 0.233. The number of thiophene rings is 1. The van der Waals surface area contributed by atoms with Crippen LogP contribution >= 0.6 is 27.3 Å². The summed E-state index contributed by atoms with van der Waals surface area (Å²) in [5, 5.41) is 3.32. The third-order valence-corrected chi connectivity index (χ3v) is 4.13. The van der Waals surface area contributed by atoms with Crippen molar-refractivity contribution < 1.29 is 0 Å². The molecule has 84 valence electrons. The fourth-order valence-electron chi connectivity index (χ4n) is 1.65. The Morgan fingerprint density at radius 1 is 1.19 bits per heavy atom. The lowest BCUT2D eigenvalue weighted by Gasteiger charge is -2.15. The number of rotatable bonds is 3. The van der Waals surface area contributed by atoms with Gasteiger partial charge in [0.2, 0.25) is 0 Å². The molecule has 0 fully saturated rings. The highest BCUT2D eigenvalue weighted by atomic mass is 79.9. The summed E-state index contributed by atoms with van der Waals surface area (Å²) in [6, 6.07) is 12.4. The lowest BCUT2D eigenvalue weighted by atomic mass is 10.1. The molecule has 3 N–H and O–H groups in total. The molecule has 0 amide bonds. The zero-order valence-electron chi connectivity index (χ0n) is 8.91. The van der Waals surface area contributed by atoms with Gasteiger partial charge in [-0.15, -0.1) is 11.3 Å². The molecule has 2 aromatic rings. The highest BCUT2D eigenvalue weighted by Crippen LogP contribution is 2.31. The van der Waals surface area contributed by atoms with Crippen molar-refractivity contribution in [3.8, 4) is 0 Å². The van der Waals surface area contributed by atoms with E-state index in [-0.39, 0.29) is 6.04 Å². The summed E-state index contributed by atoms with van der Waals surface area (Å²) in [6.45, 7) is 0. The molecule has 4 heteroatoms. The van der Waals surface area contributed by atoms with Gasteiger partial charge in [0.15, 0.2) is 0 Å². The van der Waals surface area contributed by atoms with Gasteiger partial charge in [0.25, 0.3) is 0 Å². The zero-order chi connectivity index (χ0) is 11.5. The maximum Gasteiger partial charge on any atom is 0.0702 e. The highest BCUT2D eigenvalue weighted by Gasteiger charge is 2.13. The standard InChI is InChI=1S/C12H13BrN2S/c1-15-12(10-6-7-11(13)16-10)8-2-4-9(14)5-3-8/h2-7,12,15H,14H2,1H3. The summed E-state index contributed by atoms with van der Waals surface area (Å²) in [7, 11) is 1.97. The maximum absolute atomic E-state index is 5.69. The van der Waals surface area contributed by atoms with E-state index in [0.717, 1.165) is 9.47 Å². The van der Waals surface area contributed by atoms with E-state index >= 15 is 0 Å². The normalized spacial score (nSPS) is 12.6. The Balaban J connectivity index is 2.32. The first-order valence-electron chi connectivity index (χ1n) is 4.98. The fraction of sp³-hybridized carbons (Fsp3) is 0.167. The summed E-state index contributed by atoms with van der Waals surface area (Å²) in [5.41, 5.74) is 7.71. The van der Waals surface area contributed by atoms with Crippen LogP contribution in [0.4, 0.5) is 5.69 Å². The van der Waals surface area contributed by atoms with E-state index in [1.807, 2.05) is 19.2 Å². The molecule has 1 aromatic carbocycles. The number of nitrogen functional groups attached to an aromatic ring is 1. The van der Waals surface area contributed by atoms with Crippen molar-refractivity contribution in [1.29, 1.82) is 0 Å². The molecule has 0 bridgehead atoms. The zero-order valence-corrected chi connectivity index (χ0v) is 11.3. The van der Waals surface area contributed by atoms with Crippen LogP contribution in [-0.2, 0) is 0 Å². The van der Waals surface area contributed by atoms with Gasteiger partial charge in [0.05, 0.1) is 9.83 Å². The molecule has 2 rings (SSSR count). The molecule has 1 heterocycles. The Hall–Kier alpha value is -0.840. The summed E-state index contributed by atoms with van der Waals surface area (Å²) in [6.07, 6.45) is 0. The second-order valence-corrected chi connectivity index (χ2v) is 6.02. The van der Waals surface area contributed by atoms with Crippen LogP contribution in [0.5, 0.6) is 0 Å². The van der Waals surface area contributed by atoms with Crippen molar-refractivity contribution in [2.24, 2.45) is 0 Å². The van der Waals surface area contributed by atoms with Crippen molar-refractivity contribution in [2.75, 3.05) is 12.8 Å². The third-order valence-electron chi connectivity index (χ3n) is 2.44. The van der Waals surface area contributed by atoms with Gasteiger partial charge in [0.1, 0.15) is 0 Å². The number of nitrogens with one attached hydrogen (secondary N) is 1. The maximum atomic E-state index is 5.69. The Bertz CT molecular complexity index is 464. The van der Waals surface area contributed by atoms with E-state index in [0.29, 0.717) is 0 Å². The SMILES string of the molecule is CNC(c1ccc(N)cc1)c1ccc(Br)s1. The van der Waals surface area contributed by atoms with Gasteiger partial charge in [-0.3, -0.25) is 0 Å². The molecule has 1 atom stereocenters. The van der Waals surface area contributed by atoms with Crippen LogP contribution in [0.15, 0.2) is 40.2 Å². The second-order valence-electron chi connectivity index (χ2n) is 3.53. The quantitative estimate of drug-likeness (QED) is 0.852. The number of anilines is 1. The molecule has 1 unspecified atom stereocenters. The van der Waals surface area contributed by atoms with Gasteiger partial charge in [-0.1, -0.05) is 12.1 Å². The highest BCUT2D eigenvalue weighted by molar-refractivity contribution is 9.11. The minimum Gasteiger partial charge on any atom is -0.399 e. The van der Waals surface area contributed by atoms with E-state index in [4.69, 9.17) is 5.73 Å². The molecular formula is C12H13BrN2S. The van der Waals surface area contributed by atoms with E-state index < -0.39 is 0 Å². The summed E-state index contributed by atoms with van der Waals surface area (Å²) >= 11 is 5.23. The van der Waals surface area contributed by atoms with Crippen LogP contribution < -0.4 is 11.1 Å². The van der Waals surface area contributed by atoms with Crippen molar-refractivity contribution in [2.45, 2.75) is 6.04 Å². The molecule has 0 saturated carbocycles.